The molecule has 4 rings (SSSR count). The fourth-order valence-corrected chi connectivity index (χ4v) is 5.33. The van der Waals surface area contributed by atoms with E-state index in [2.05, 4.69) is 20.2 Å². The molecule has 1 aromatic rings. The first kappa shape index (κ1) is 22.3. The second-order valence-electron chi connectivity index (χ2n) is 9.37. The Morgan fingerprint density at radius 2 is 1.90 bits per heavy atom. The number of aryl methyl sites for hydroxylation is 2. The second-order valence-corrected chi connectivity index (χ2v) is 9.37. The number of piperidine rings is 2. The van der Waals surface area contributed by atoms with E-state index < -0.39 is 6.04 Å². The van der Waals surface area contributed by atoms with E-state index in [-0.39, 0.29) is 11.8 Å². The summed E-state index contributed by atoms with van der Waals surface area (Å²) in [4.78, 5) is 32.0. The Morgan fingerprint density at radius 1 is 1.16 bits per heavy atom. The average Bonchev–Trinajstić information content (AvgIpc) is 3.17. The number of amides is 2. The zero-order valence-corrected chi connectivity index (χ0v) is 19.2. The Morgan fingerprint density at radius 3 is 2.65 bits per heavy atom. The van der Waals surface area contributed by atoms with Crippen LogP contribution in [0.1, 0.15) is 57.6 Å². The van der Waals surface area contributed by atoms with Gasteiger partial charge in [-0.2, -0.15) is 5.10 Å². The summed E-state index contributed by atoms with van der Waals surface area (Å²) in [7, 11) is 0. The monoisotopic (exact) mass is 430 g/mol. The third kappa shape index (κ3) is 5.29. The quantitative estimate of drug-likeness (QED) is 0.668. The summed E-state index contributed by atoms with van der Waals surface area (Å²) in [5.41, 5.74) is 0.867. The summed E-state index contributed by atoms with van der Waals surface area (Å²) >= 11 is 0. The van der Waals surface area contributed by atoms with Crippen LogP contribution in [0.4, 0.5) is 5.82 Å². The summed E-state index contributed by atoms with van der Waals surface area (Å²) in [6, 6.07) is 2.13. The molecule has 172 valence electrons. The van der Waals surface area contributed by atoms with Crippen LogP contribution in [0, 0.1) is 6.92 Å². The van der Waals surface area contributed by atoms with E-state index in [0.29, 0.717) is 19.5 Å². The number of nitrogens with zero attached hydrogens (tertiary/aromatic N) is 5. The van der Waals surface area contributed by atoms with Gasteiger partial charge in [0.25, 0.3) is 0 Å². The Hall–Kier alpha value is -1.93. The summed E-state index contributed by atoms with van der Waals surface area (Å²) in [6.07, 6.45) is 8.00. The number of hydrogen-bond acceptors (Lipinski definition) is 5. The smallest absolute Gasteiger partial charge is 0.242 e. The average molecular weight is 431 g/mol. The van der Waals surface area contributed by atoms with Gasteiger partial charge in [0, 0.05) is 25.1 Å². The van der Waals surface area contributed by atoms with E-state index in [1.165, 1.54) is 45.2 Å². The highest BCUT2D eigenvalue weighted by molar-refractivity contribution is 6.00. The standard InChI is InChI=1S/C23H38N6O2/c1-18-17-21-28(25-18)16-9-22(30)29(21)19(2)23(31)24-10-6-11-26-14-7-20(8-15-26)27-12-4-3-5-13-27/h17,19-20H,3-16H2,1-2H3,(H,24,31)/t19-/m0/s1. The minimum absolute atomic E-state index is 0.00775. The molecule has 8 heteroatoms. The Labute approximate surface area is 185 Å². The highest BCUT2D eigenvalue weighted by Crippen LogP contribution is 2.25. The lowest BCUT2D eigenvalue weighted by Crippen LogP contribution is -2.51. The van der Waals surface area contributed by atoms with E-state index in [1.807, 2.05) is 17.7 Å². The zero-order valence-electron chi connectivity index (χ0n) is 19.2. The number of fused-ring (bicyclic) bond motifs is 1. The third-order valence-electron chi connectivity index (χ3n) is 7.12. The van der Waals surface area contributed by atoms with Crippen LogP contribution in [0.3, 0.4) is 0 Å². The van der Waals surface area contributed by atoms with Crippen LogP contribution in [0.25, 0.3) is 0 Å². The van der Waals surface area contributed by atoms with Gasteiger partial charge in [0.2, 0.25) is 11.8 Å². The molecule has 0 bridgehead atoms. The predicted octanol–water partition coefficient (Wildman–Crippen LogP) is 1.77. The molecule has 0 unspecified atom stereocenters. The van der Waals surface area contributed by atoms with Crippen LogP contribution < -0.4 is 10.2 Å². The summed E-state index contributed by atoms with van der Waals surface area (Å²) in [5.74, 6) is 0.629. The lowest BCUT2D eigenvalue weighted by molar-refractivity contribution is -0.126. The maximum Gasteiger partial charge on any atom is 0.242 e. The predicted molar refractivity (Wildman–Crippen MR) is 121 cm³/mol. The van der Waals surface area contributed by atoms with Gasteiger partial charge in [-0.05, 0) is 78.7 Å². The fraction of sp³-hybridized carbons (Fsp3) is 0.783. The van der Waals surface area contributed by atoms with Crippen molar-refractivity contribution in [1.82, 2.24) is 24.9 Å². The molecular weight excluding hydrogens is 392 g/mol. The molecule has 4 heterocycles. The number of hydrogen-bond donors (Lipinski definition) is 1. The van der Waals surface area contributed by atoms with E-state index in [4.69, 9.17) is 0 Å². The minimum atomic E-state index is -0.525. The summed E-state index contributed by atoms with van der Waals surface area (Å²) in [5, 5.41) is 7.46. The van der Waals surface area contributed by atoms with Gasteiger partial charge in [-0.15, -0.1) is 0 Å². The van der Waals surface area contributed by atoms with Gasteiger partial charge in [-0.1, -0.05) is 6.42 Å². The first-order valence-electron chi connectivity index (χ1n) is 12.1. The minimum Gasteiger partial charge on any atom is -0.354 e. The molecule has 3 aliphatic heterocycles. The first-order valence-corrected chi connectivity index (χ1v) is 12.1. The molecule has 1 atom stereocenters. The number of rotatable bonds is 7. The van der Waals surface area contributed by atoms with Crippen LogP contribution in [0.15, 0.2) is 6.07 Å². The van der Waals surface area contributed by atoms with Crippen molar-refractivity contribution < 1.29 is 9.59 Å². The lowest BCUT2D eigenvalue weighted by atomic mass is 10.00. The largest absolute Gasteiger partial charge is 0.354 e. The number of likely N-dealkylation sites (tertiary alicyclic amines) is 2. The van der Waals surface area contributed by atoms with Crippen molar-refractivity contribution in [3.63, 3.8) is 0 Å². The number of aromatic nitrogens is 2. The van der Waals surface area contributed by atoms with Crippen molar-refractivity contribution >= 4 is 17.6 Å². The van der Waals surface area contributed by atoms with Crippen LogP contribution in [-0.2, 0) is 16.1 Å². The van der Waals surface area contributed by atoms with E-state index in [1.54, 1.807) is 11.8 Å². The van der Waals surface area contributed by atoms with Crippen LogP contribution in [0.5, 0.6) is 0 Å². The SMILES string of the molecule is Cc1cc2n(n1)CCC(=O)N2[C@@H](C)C(=O)NCCCN1CCC(N2CCCCC2)CC1. The number of carbonyl (C=O) groups is 2. The molecule has 0 aromatic carbocycles. The Balaban J connectivity index is 1.17. The molecule has 2 amide bonds. The van der Waals surface area contributed by atoms with E-state index >= 15 is 0 Å². The molecule has 0 spiro atoms. The van der Waals surface area contributed by atoms with Gasteiger partial charge in [0.15, 0.2) is 0 Å². The molecule has 0 radical (unpaired) electrons. The molecule has 1 aromatic heterocycles. The summed E-state index contributed by atoms with van der Waals surface area (Å²) in [6.45, 7) is 10.9. The number of carbonyl (C=O) groups excluding carboxylic acids is 2. The molecule has 1 N–H and O–H groups in total. The van der Waals surface area contributed by atoms with E-state index in [0.717, 1.165) is 43.6 Å². The molecule has 3 aliphatic rings. The highest BCUT2D eigenvalue weighted by atomic mass is 16.2. The van der Waals surface area contributed by atoms with Gasteiger partial charge in [0.1, 0.15) is 11.9 Å². The Kier molecular flexibility index (Phi) is 7.27. The topological polar surface area (TPSA) is 73.7 Å². The van der Waals surface area contributed by atoms with Crippen molar-refractivity contribution in [1.29, 1.82) is 0 Å². The first-order chi connectivity index (χ1) is 15.0. The van der Waals surface area contributed by atoms with Crippen molar-refractivity contribution in [2.45, 2.75) is 77.4 Å². The van der Waals surface area contributed by atoms with Gasteiger partial charge in [-0.25, -0.2) is 4.68 Å². The second kappa shape index (κ2) is 10.1. The zero-order chi connectivity index (χ0) is 21.8. The van der Waals surface area contributed by atoms with Crippen LogP contribution in [0.2, 0.25) is 0 Å². The van der Waals surface area contributed by atoms with Gasteiger partial charge < -0.3 is 15.1 Å². The maximum atomic E-state index is 12.7. The maximum absolute atomic E-state index is 12.7. The van der Waals surface area contributed by atoms with Gasteiger partial charge >= 0.3 is 0 Å². The van der Waals surface area contributed by atoms with Crippen molar-refractivity contribution in [2.24, 2.45) is 0 Å². The summed E-state index contributed by atoms with van der Waals surface area (Å²) < 4.78 is 1.83. The number of nitrogens with one attached hydrogen (secondary N) is 1. The number of anilines is 1. The highest BCUT2D eigenvalue weighted by Gasteiger charge is 2.33. The molecule has 31 heavy (non-hydrogen) atoms. The molecular formula is C23H38N6O2. The normalized spacial score (nSPS) is 22.4. The molecule has 0 aliphatic carbocycles. The van der Waals surface area contributed by atoms with Crippen LogP contribution >= 0.6 is 0 Å². The molecule has 0 saturated carbocycles. The van der Waals surface area contributed by atoms with Crippen molar-refractivity contribution in [2.75, 3.05) is 44.2 Å². The molecule has 8 nitrogen and oxygen atoms in total. The van der Waals surface area contributed by atoms with Gasteiger partial charge in [0.05, 0.1) is 12.2 Å². The van der Waals surface area contributed by atoms with Crippen molar-refractivity contribution in [3.05, 3.63) is 11.8 Å². The Bertz CT molecular complexity index is 764. The van der Waals surface area contributed by atoms with Gasteiger partial charge in [-0.3, -0.25) is 14.5 Å². The molecule has 2 fully saturated rings. The van der Waals surface area contributed by atoms with Crippen molar-refractivity contribution in [3.8, 4) is 0 Å². The third-order valence-corrected chi connectivity index (χ3v) is 7.12. The van der Waals surface area contributed by atoms with Crippen LogP contribution in [-0.4, -0.2) is 82.7 Å². The van der Waals surface area contributed by atoms with E-state index in [9.17, 15) is 9.59 Å². The molecule has 2 saturated heterocycles. The fourth-order valence-electron chi connectivity index (χ4n) is 5.33. The lowest BCUT2D eigenvalue weighted by Gasteiger charge is -2.40.